The van der Waals surface area contributed by atoms with Crippen LogP contribution < -0.4 is 5.32 Å². The Morgan fingerprint density at radius 2 is 1.92 bits per heavy atom. The van der Waals surface area contributed by atoms with E-state index >= 15 is 0 Å². The van der Waals surface area contributed by atoms with E-state index in [0.29, 0.717) is 37.1 Å². The highest BCUT2D eigenvalue weighted by Gasteiger charge is 2.68. The van der Waals surface area contributed by atoms with Crippen molar-refractivity contribution in [3.63, 3.8) is 0 Å². The largest absolute Gasteiger partial charge is 0.373 e. The van der Waals surface area contributed by atoms with Gasteiger partial charge in [0.05, 0.1) is 61.0 Å². The van der Waals surface area contributed by atoms with Crippen LogP contribution >= 0.6 is 0 Å². The maximum Gasteiger partial charge on any atom is 0.309 e. The summed E-state index contributed by atoms with van der Waals surface area (Å²) in [5.74, 6) is -5.26. The molecule has 0 bridgehead atoms. The number of nitrogens with one attached hydrogen (secondary N) is 1. The van der Waals surface area contributed by atoms with E-state index in [1.165, 1.54) is 7.05 Å². The zero-order valence-electron chi connectivity index (χ0n) is 19.4. The average Bonchev–Trinajstić information content (AvgIpc) is 3.59. The highest BCUT2D eigenvalue weighted by Crippen LogP contribution is 2.45. The summed E-state index contributed by atoms with van der Waals surface area (Å²) >= 11 is 0. The van der Waals surface area contributed by atoms with Crippen molar-refractivity contribution in [2.24, 2.45) is 0 Å². The van der Waals surface area contributed by atoms with Gasteiger partial charge in [0, 0.05) is 19.3 Å². The summed E-state index contributed by atoms with van der Waals surface area (Å²) < 4.78 is 41.4. The topological polar surface area (TPSA) is 144 Å². The first-order chi connectivity index (χ1) is 17.8. The molecule has 0 aliphatic carbocycles. The van der Waals surface area contributed by atoms with Crippen molar-refractivity contribution in [1.29, 1.82) is 0 Å². The van der Waals surface area contributed by atoms with Crippen LogP contribution in [0, 0.1) is 0 Å². The number of aromatic nitrogens is 6. The van der Waals surface area contributed by atoms with Crippen LogP contribution in [0.4, 0.5) is 20.4 Å². The summed E-state index contributed by atoms with van der Waals surface area (Å²) in [5, 5.41) is 21.9. The van der Waals surface area contributed by atoms with Crippen LogP contribution in [0.15, 0.2) is 47.2 Å². The Hall–Kier alpha value is -4.30. The number of alkyl halides is 2. The average molecular weight is 510 g/mol. The molecule has 37 heavy (non-hydrogen) atoms. The third-order valence-corrected chi connectivity index (χ3v) is 6.30. The fourth-order valence-corrected chi connectivity index (χ4v) is 4.35. The number of aliphatic hydroxyl groups is 1. The number of pyridine rings is 1. The van der Waals surface area contributed by atoms with Crippen LogP contribution in [0.25, 0.3) is 22.8 Å². The molecule has 2 N–H and O–H groups in total. The molecule has 1 saturated heterocycles. The minimum atomic E-state index is -3.75. The molecule has 2 aliphatic rings. The molecule has 14 heteroatoms. The van der Waals surface area contributed by atoms with Gasteiger partial charge in [-0.1, -0.05) is 11.2 Å². The fraction of sp³-hybridized carbons (Fsp3) is 0.304. The van der Waals surface area contributed by atoms with Crippen LogP contribution in [0.2, 0.25) is 0 Å². The van der Waals surface area contributed by atoms with Gasteiger partial charge in [0.2, 0.25) is 5.95 Å². The van der Waals surface area contributed by atoms with Crippen molar-refractivity contribution in [1.82, 2.24) is 34.8 Å². The Balaban J connectivity index is 1.28. The predicted octanol–water partition coefficient (Wildman–Crippen LogP) is 1.96. The second kappa shape index (κ2) is 8.38. The molecule has 0 spiro atoms. The normalized spacial score (nSPS) is 20.8. The van der Waals surface area contributed by atoms with Crippen LogP contribution in [0.1, 0.15) is 11.5 Å². The quantitative estimate of drug-likeness (QED) is 0.409. The molecule has 1 fully saturated rings. The van der Waals surface area contributed by atoms with Gasteiger partial charge in [0.25, 0.3) is 11.5 Å². The molecule has 4 aromatic rings. The lowest BCUT2D eigenvalue weighted by Gasteiger charge is -2.22. The van der Waals surface area contributed by atoms with Gasteiger partial charge >= 0.3 is 5.92 Å². The van der Waals surface area contributed by atoms with E-state index in [1.54, 1.807) is 36.7 Å². The number of rotatable bonds is 5. The minimum absolute atomic E-state index is 0.0716. The van der Waals surface area contributed by atoms with Crippen molar-refractivity contribution in [3.8, 4) is 22.8 Å². The summed E-state index contributed by atoms with van der Waals surface area (Å²) in [7, 11) is 1.18. The van der Waals surface area contributed by atoms with E-state index in [1.807, 2.05) is 4.68 Å². The van der Waals surface area contributed by atoms with Crippen molar-refractivity contribution in [3.05, 3.63) is 54.2 Å². The molecule has 1 amide bonds. The Bertz CT molecular complexity index is 1510. The monoisotopic (exact) mass is 510 g/mol. The zero-order chi connectivity index (χ0) is 25.8. The summed E-state index contributed by atoms with van der Waals surface area (Å²) in [5.41, 5.74) is -0.240. The summed E-state index contributed by atoms with van der Waals surface area (Å²) in [6.07, 6.45) is 3.25. The first-order valence-electron chi connectivity index (χ1n) is 11.3. The van der Waals surface area contributed by atoms with Crippen molar-refractivity contribution in [2.45, 2.75) is 24.7 Å². The van der Waals surface area contributed by atoms with Crippen LogP contribution in [0.3, 0.4) is 0 Å². The van der Waals surface area contributed by atoms with Gasteiger partial charge in [-0.15, -0.1) is 0 Å². The van der Waals surface area contributed by atoms with Gasteiger partial charge in [-0.3, -0.25) is 9.48 Å². The molecule has 0 aromatic carbocycles. The Kier molecular flexibility index (Phi) is 5.24. The number of halogens is 2. The van der Waals surface area contributed by atoms with E-state index < -0.39 is 29.7 Å². The van der Waals surface area contributed by atoms with Gasteiger partial charge in [-0.05, 0) is 18.2 Å². The summed E-state index contributed by atoms with van der Waals surface area (Å²) in [6, 6.07) is 7.75. The smallest absolute Gasteiger partial charge is 0.309 e. The number of nitrogens with zero attached hydrogens (tertiary/aromatic N) is 7. The van der Waals surface area contributed by atoms with Crippen LogP contribution in [-0.2, 0) is 28.3 Å². The molecule has 6 rings (SSSR count). The highest BCUT2D eigenvalue weighted by molar-refractivity contribution is 5.89. The van der Waals surface area contributed by atoms with Crippen molar-refractivity contribution >= 4 is 17.5 Å². The maximum atomic E-state index is 14.5. The first kappa shape index (κ1) is 23.1. The third kappa shape index (κ3) is 3.72. The summed E-state index contributed by atoms with van der Waals surface area (Å²) in [4.78, 5) is 26.4. The molecule has 4 aromatic heterocycles. The van der Waals surface area contributed by atoms with E-state index in [9.17, 15) is 18.7 Å². The van der Waals surface area contributed by atoms with Gasteiger partial charge in [-0.25, -0.2) is 23.7 Å². The SMILES string of the molecule is CN1CC(F)(F)[C@@](O)(c2cc(-c3cccc(-c4ccnc(Nc5cnn6c5COCC6)n4)n3)no2)C1=O. The molecule has 0 saturated carbocycles. The lowest BCUT2D eigenvalue weighted by molar-refractivity contribution is -0.179. The second-order valence-electron chi connectivity index (χ2n) is 8.73. The Morgan fingerprint density at radius 3 is 2.70 bits per heavy atom. The molecule has 190 valence electrons. The molecule has 6 heterocycles. The van der Waals surface area contributed by atoms with Gasteiger partial charge in [0.15, 0.2) is 5.76 Å². The number of hydrogen-bond donors (Lipinski definition) is 2. The number of likely N-dealkylation sites (tertiary alicyclic amines) is 1. The van der Waals surface area contributed by atoms with Gasteiger partial charge < -0.3 is 24.6 Å². The Morgan fingerprint density at radius 1 is 1.14 bits per heavy atom. The van der Waals surface area contributed by atoms with E-state index in [-0.39, 0.29) is 11.4 Å². The maximum absolute atomic E-state index is 14.5. The Labute approximate surface area is 207 Å². The van der Waals surface area contributed by atoms with E-state index in [4.69, 9.17) is 9.26 Å². The highest BCUT2D eigenvalue weighted by atomic mass is 19.3. The number of fused-ring (bicyclic) bond motifs is 1. The number of hydrogen-bond acceptors (Lipinski definition) is 10. The molecule has 2 aliphatic heterocycles. The van der Waals surface area contributed by atoms with Gasteiger partial charge in [-0.2, -0.15) is 5.10 Å². The standard InChI is InChI=1S/C23H20F2N8O4/c1-32-12-22(24,25)23(35,20(32)34)19-9-16(31-37-19)14-4-2-3-13(28-14)15-5-6-26-21(29-15)30-17-10-27-33-7-8-36-11-18(17)33/h2-6,9-10,35H,7-8,11-12H2,1H3,(H,26,29,30)/t23-/m1/s1. The van der Waals surface area contributed by atoms with Crippen molar-refractivity contribution in [2.75, 3.05) is 25.5 Å². The molecule has 0 radical (unpaired) electrons. The number of amides is 1. The number of carbonyl (C=O) groups excluding carboxylic acids is 1. The number of likely N-dealkylation sites (N-methyl/N-ethyl adjacent to an activating group) is 1. The second-order valence-corrected chi connectivity index (χ2v) is 8.73. The molecular weight excluding hydrogens is 490 g/mol. The molecule has 0 unspecified atom stereocenters. The minimum Gasteiger partial charge on any atom is -0.373 e. The van der Waals surface area contributed by atoms with Crippen LogP contribution in [0.5, 0.6) is 0 Å². The number of carbonyl (C=O) groups is 1. The molecule has 1 atom stereocenters. The van der Waals surface area contributed by atoms with Crippen molar-refractivity contribution < 1.29 is 27.9 Å². The lowest BCUT2D eigenvalue weighted by atomic mass is 9.95. The molecule has 12 nitrogen and oxygen atoms in total. The summed E-state index contributed by atoms with van der Waals surface area (Å²) in [6.45, 7) is 0.752. The molecular formula is C23H20F2N8O4. The lowest BCUT2D eigenvalue weighted by Crippen LogP contribution is -2.46. The third-order valence-electron chi connectivity index (χ3n) is 6.30. The fourth-order valence-electron chi connectivity index (χ4n) is 4.35. The number of anilines is 2. The zero-order valence-corrected chi connectivity index (χ0v) is 19.4. The van der Waals surface area contributed by atoms with E-state index in [0.717, 1.165) is 22.3 Å². The number of ether oxygens (including phenoxy) is 1. The first-order valence-corrected chi connectivity index (χ1v) is 11.3. The van der Waals surface area contributed by atoms with E-state index in [2.05, 4.69) is 30.5 Å². The van der Waals surface area contributed by atoms with Crippen LogP contribution in [-0.4, -0.2) is 71.9 Å². The predicted molar refractivity (Wildman–Crippen MR) is 122 cm³/mol. The van der Waals surface area contributed by atoms with Gasteiger partial charge in [0.1, 0.15) is 5.69 Å².